The maximum absolute atomic E-state index is 12.2. The molecular weight excluding hydrogens is 384 g/mol. The Morgan fingerprint density at radius 1 is 0.862 bits per heavy atom. The number of hydrogen-bond donors (Lipinski definition) is 0. The van der Waals surface area contributed by atoms with Crippen molar-refractivity contribution in [3.8, 4) is 5.75 Å². The normalized spacial score (nSPS) is 13.3. The van der Waals surface area contributed by atoms with Gasteiger partial charge in [0.25, 0.3) is 6.29 Å². The lowest BCUT2D eigenvalue weighted by Crippen LogP contribution is -2.34. The number of esters is 2. The first kappa shape index (κ1) is 23.7. The van der Waals surface area contributed by atoms with E-state index in [9.17, 15) is 28.8 Å². The third-order valence-electron chi connectivity index (χ3n) is 3.70. The molecule has 9 nitrogen and oxygen atoms in total. The van der Waals surface area contributed by atoms with Crippen LogP contribution in [0.2, 0.25) is 0 Å². The van der Waals surface area contributed by atoms with E-state index in [4.69, 9.17) is 14.2 Å². The van der Waals surface area contributed by atoms with Crippen molar-refractivity contribution in [1.82, 2.24) is 0 Å². The SMILES string of the molecule is CC(CC(=O)C=O)C(=O)OCC(OC(=O)C(C)CC(=O)C=O)Oc1ccccc1. The van der Waals surface area contributed by atoms with Crippen molar-refractivity contribution in [1.29, 1.82) is 0 Å². The first-order valence-electron chi connectivity index (χ1n) is 8.81. The van der Waals surface area contributed by atoms with Gasteiger partial charge in [0.2, 0.25) is 0 Å². The fourth-order valence-corrected chi connectivity index (χ4v) is 2.15. The molecule has 0 aliphatic rings. The predicted octanol–water partition coefficient (Wildman–Crippen LogP) is 1.07. The van der Waals surface area contributed by atoms with Gasteiger partial charge in [0.1, 0.15) is 5.75 Å². The van der Waals surface area contributed by atoms with Crippen LogP contribution in [0.15, 0.2) is 30.3 Å². The molecule has 9 heteroatoms. The van der Waals surface area contributed by atoms with E-state index < -0.39 is 48.2 Å². The average Bonchev–Trinajstić information content (AvgIpc) is 2.71. The highest BCUT2D eigenvalue weighted by atomic mass is 16.7. The second-order valence-corrected chi connectivity index (χ2v) is 6.31. The van der Waals surface area contributed by atoms with Crippen LogP contribution < -0.4 is 4.74 Å². The summed E-state index contributed by atoms with van der Waals surface area (Å²) in [5, 5.41) is 0. The van der Waals surface area contributed by atoms with Crippen LogP contribution in [-0.2, 0) is 38.2 Å². The summed E-state index contributed by atoms with van der Waals surface area (Å²) in [4.78, 5) is 67.3. The standard InChI is InChI=1S/C20H22O9/c1-13(8-15(23)10-21)19(25)27-12-18(28-17-6-4-3-5-7-17)29-20(26)14(2)9-16(24)11-22/h3-7,10-11,13-14,18H,8-9,12H2,1-2H3. The van der Waals surface area contributed by atoms with Crippen LogP contribution in [0.3, 0.4) is 0 Å². The van der Waals surface area contributed by atoms with Crippen LogP contribution in [0.4, 0.5) is 0 Å². The van der Waals surface area contributed by atoms with Gasteiger partial charge in [-0.1, -0.05) is 32.0 Å². The summed E-state index contributed by atoms with van der Waals surface area (Å²) in [6.45, 7) is 2.34. The second-order valence-electron chi connectivity index (χ2n) is 6.31. The van der Waals surface area contributed by atoms with Crippen molar-refractivity contribution in [3.05, 3.63) is 30.3 Å². The highest BCUT2D eigenvalue weighted by Gasteiger charge is 2.26. The Morgan fingerprint density at radius 3 is 1.90 bits per heavy atom. The zero-order valence-corrected chi connectivity index (χ0v) is 16.1. The molecule has 156 valence electrons. The fraction of sp³-hybridized carbons (Fsp3) is 0.400. The van der Waals surface area contributed by atoms with E-state index in [2.05, 4.69) is 0 Å². The number of rotatable bonds is 13. The maximum Gasteiger partial charge on any atom is 0.312 e. The molecule has 0 saturated carbocycles. The molecular formula is C20H22O9. The molecule has 0 radical (unpaired) electrons. The Bertz CT molecular complexity index is 742. The molecule has 1 rings (SSSR count). The lowest BCUT2D eigenvalue weighted by molar-refractivity contribution is -0.182. The number of carbonyl (C=O) groups excluding carboxylic acids is 6. The van der Waals surface area contributed by atoms with Gasteiger partial charge in [-0.2, -0.15) is 0 Å². The van der Waals surface area contributed by atoms with Crippen molar-refractivity contribution in [2.45, 2.75) is 33.0 Å². The van der Waals surface area contributed by atoms with Gasteiger partial charge in [-0.3, -0.25) is 28.8 Å². The van der Waals surface area contributed by atoms with Gasteiger partial charge in [-0.25, -0.2) is 0 Å². The number of ketones is 2. The third-order valence-corrected chi connectivity index (χ3v) is 3.70. The van der Waals surface area contributed by atoms with Gasteiger partial charge in [0.05, 0.1) is 11.8 Å². The van der Waals surface area contributed by atoms with Crippen molar-refractivity contribution >= 4 is 36.1 Å². The summed E-state index contributed by atoms with van der Waals surface area (Å²) in [5.74, 6) is -4.54. The number of Topliss-reactive ketones (excluding diaryl/α,β-unsaturated/α-hetero) is 2. The largest absolute Gasteiger partial charge is 0.457 e. The molecule has 0 fully saturated rings. The minimum absolute atomic E-state index is 0.117. The Labute approximate surface area is 167 Å². The highest BCUT2D eigenvalue weighted by molar-refractivity contribution is 6.25. The Hall–Kier alpha value is -3.36. The Kier molecular flexibility index (Phi) is 9.94. The second kappa shape index (κ2) is 12.2. The minimum atomic E-state index is -1.32. The van der Waals surface area contributed by atoms with E-state index in [0.717, 1.165) is 0 Å². The van der Waals surface area contributed by atoms with Gasteiger partial charge in [-0.05, 0) is 12.1 Å². The van der Waals surface area contributed by atoms with Crippen molar-refractivity contribution < 1.29 is 43.0 Å². The number of para-hydroxylation sites is 1. The van der Waals surface area contributed by atoms with Crippen LogP contribution >= 0.6 is 0 Å². The van der Waals surface area contributed by atoms with E-state index in [-0.39, 0.29) is 25.4 Å². The molecule has 0 saturated heterocycles. The molecule has 0 amide bonds. The molecule has 3 unspecified atom stereocenters. The molecule has 0 spiro atoms. The van der Waals surface area contributed by atoms with Gasteiger partial charge in [-0.15, -0.1) is 0 Å². The number of hydrogen-bond acceptors (Lipinski definition) is 9. The summed E-state index contributed by atoms with van der Waals surface area (Å²) in [5.41, 5.74) is 0. The zero-order valence-electron chi connectivity index (χ0n) is 16.1. The molecule has 3 atom stereocenters. The highest BCUT2D eigenvalue weighted by Crippen LogP contribution is 2.15. The third kappa shape index (κ3) is 8.91. The first-order valence-corrected chi connectivity index (χ1v) is 8.81. The number of benzene rings is 1. The molecule has 0 aromatic heterocycles. The smallest absolute Gasteiger partial charge is 0.312 e. The Morgan fingerprint density at radius 2 is 1.38 bits per heavy atom. The monoisotopic (exact) mass is 406 g/mol. The summed E-state index contributed by atoms with van der Waals surface area (Å²) in [6.07, 6.45) is -1.72. The number of carbonyl (C=O) groups is 6. The van der Waals surface area contributed by atoms with Crippen molar-refractivity contribution in [2.24, 2.45) is 11.8 Å². The van der Waals surface area contributed by atoms with Gasteiger partial charge < -0.3 is 14.2 Å². The molecule has 0 aliphatic heterocycles. The van der Waals surface area contributed by atoms with Gasteiger partial charge >= 0.3 is 11.9 Å². The lowest BCUT2D eigenvalue weighted by Gasteiger charge is -2.21. The van der Waals surface area contributed by atoms with E-state index in [1.54, 1.807) is 30.3 Å². The van der Waals surface area contributed by atoms with Crippen LogP contribution in [0.5, 0.6) is 5.75 Å². The molecule has 29 heavy (non-hydrogen) atoms. The molecule has 1 aromatic carbocycles. The van der Waals surface area contributed by atoms with Crippen molar-refractivity contribution in [2.75, 3.05) is 6.61 Å². The van der Waals surface area contributed by atoms with Crippen LogP contribution in [-0.4, -0.2) is 49.0 Å². The summed E-state index contributed by atoms with van der Waals surface area (Å²) in [6, 6.07) is 8.28. The Balaban J connectivity index is 2.75. The molecule has 0 heterocycles. The maximum atomic E-state index is 12.2. The predicted molar refractivity (Wildman–Crippen MR) is 97.6 cm³/mol. The quantitative estimate of drug-likeness (QED) is 0.204. The fourth-order valence-electron chi connectivity index (χ4n) is 2.15. The molecule has 1 aromatic rings. The lowest BCUT2D eigenvalue weighted by atomic mass is 10.1. The van der Waals surface area contributed by atoms with E-state index >= 15 is 0 Å². The van der Waals surface area contributed by atoms with Gasteiger partial charge in [0.15, 0.2) is 30.7 Å². The summed E-state index contributed by atoms with van der Waals surface area (Å²) < 4.78 is 15.7. The molecule has 0 N–H and O–H groups in total. The van der Waals surface area contributed by atoms with Crippen LogP contribution in [0, 0.1) is 11.8 Å². The van der Waals surface area contributed by atoms with Crippen LogP contribution in [0.1, 0.15) is 26.7 Å². The number of ether oxygens (including phenoxy) is 3. The van der Waals surface area contributed by atoms with E-state index in [1.807, 2.05) is 0 Å². The van der Waals surface area contributed by atoms with Crippen LogP contribution in [0.25, 0.3) is 0 Å². The van der Waals surface area contributed by atoms with Crippen molar-refractivity contribution in [3.63, 3.8) is 0 Å². The summed E-state index contributed by atoms with van der Waals surface area (Å²) >= 11 is 0. The minimum Gasteiger partial charge on any atom is -0.457 e. The summed E-state index contributed by atoms with van der Waals surface area (Å²) in [7, 11) is 0. The average molecular weight is 406 g/mol. The van der Waals surface area contributed by atoms with E-state index in [1.165, 1.54) is 13.8 Å². The molecule has 0 bridgehead atoms. The molecule has 0 aliphatic carbocycles. The topological polar surface area (TPSA) is 130 Å². The number of aldehydes is 2. The first-order chi connectivity index (χ1) is 13.8. The van der Waals surface area contributed by atoms with Gasteiger partial charge in [0, 0.05) is 12.8 Å². The van der Waals surface area contributed by atoms with E-state index in [0.29, 0.717) is 5.75 Å². The zero-order chi connectivity index (χ0) is 21.8.